The van der Waals surface area contributed by atoms with Crippen LogP contribution in [0.2, 0.25) is 0 Å². The Morgan fingerprint density at radius 2 is 1.88 bits per heavy atom. The molecule has 0 aromatic heterocycles. The number of carbonyl (C=O) groups is 2. The van der Waals surface area contributed by atoms with Crippen LogP contribution in [-0.2, 0) is 11.2 Å². The Hall–Kier alpha value is -1.84. The number of nitrogens with zero attached hydrogens (tertiary/aromatic N) is 1. The van der Waals surface area contributed by atoms with Crippen LogP contribution in [-0.4, -0.2) is 34.8 Å². The first kappa shape index (κ1) is 18.0. The fourth-order valence-electron chi connectivity index (χ4n) is 4.26. The van der Waals surface area contributed by atoms with Gasteiger partial charge in [-0.2, -0.15) is 0 Å². The maximum absolute atomic E-state index is 13.2. The molecule has 2 amide bonds. The molecule has 0 spiro atoms. The molecule has 4 heteroatoms. The zero-order valence-electron chi connectivity index (χ0n) is 15.5. The fraction of sp³-hybridized carbons (Fsp3) is 0.619. The van der Waals surface area contributed by atoms with Crippen molar-refractivity contribution >= 4 is 11.8 Å². The lowest BCUT2D eigenvalue weighted by molar-refractivity contribution is -0.132. The number of amides is 2. The molecule has 1 fully saturated rings. The molecule has 1 N–H and O–H groups in total. The molecule has 1 aromatic rings. The van der Waals surface area contributed by atoms with Crippen LogP contribution in [0, 0.1) is 0 Å². The number of hydrogen-bond acceptors (Lipinski definition) is 2. The fourth-order valence-corrected chi connectivity index (χ4v) is 4.26. The van der Waals surface area contributed by atoms with Gasteiger partial charge in [0.15, 0.2) is 0 Å². The van der Waals surface area contributed by atoms with Crippen LogP contribution in [0.1, 0.15) is 74.7 Å². The molecule has 1 heterocycles. The second-order valence-electron chi connectivity index (χ2n) is 7.73. The van der Waals surface area contributed by atoms with Gasteiger partial charge in [0.25, 0.3) is 5.91 Å². The van der Waals surface area contributed by atoms with E-state index >= 15 is 0 Å². The van der Waals surface area contributed by atoms with E-state index in [2.05, 4.69) is 12.2 Å². The summed E-state index contributed by atoms with van der Waals surface area (Å²) in [6.45, 7) is 4.60. The summed E-state index contributed by atoms with van der Waals surface area (Å²) in [5.41, 5.74) is 0.933. The minimum absolute atomic E-state index is 0.00991. The van der Waals surface area contributed by atoms with Crippen LogP contribution in [0.3, 0.4) is 0 Å². The second kappa shape index (κ2) is 7.59. The van der Waals surface area contributed by atoms with E-state index in [4.69, 9.17) is 0 Å². The molecule has 3 rings (SSSR count). The Morgan fingerprint density at radius 1 is 1.20 bits per heavy atom. The van der Waals surface area contributed by atoms with Crippen LogP contribution in [0.5, 0.6) is 0 Å². The van der Waals surface area contributed by atoms with E-state index in [1.807, 2.05) is 31.2 Å². The highest BCUT2D eigenvalue weighted by molar-refractivity contribution is 6.02. The maximum Gasteiger partial charge on any atom is 0.255 e. The lowest BCUT2D eigenvalue weighted by atomic mass is 9.82. The zero-order chi connectivity index (χ0) is 17.9. The average Bonchev–Trinajstić information content (AvgIpc) is 2.87. The summed E-state index contributed by atoms with van der Waals surface area (Å²) in [7, 11) is 0. The predicted molar refractivity (Wildman–Crippen MR) is 99.5 cm³/mol. The first-order valence-electron chi connectivity index (χ1n) is 9.77. The van der Waals surface area contributed by atoms with Gasteiger partial charge < -0.3 is 10.2 Å². The SMILES string of the molecule is CCCN1C(=O)c2ccccc2C[C@@]1(C)C(=O)NC1CCCCCC1. The predicted octanol–water partition coefficient (Wildman–Crippen LogP) is 3.69. The van der Waals surface area contributed by atoms with Crippen molar-refractivity contribution in [1.29, 1.82) is 0 Å². The standard InChI is InChI=1S/C21H30N2O2/c1-3-14-23-19(24)18-13-9-8-10-16(18)15-21(23,2)20(25)22-17-11-6-4-5-7-12-17/h8-10,13,17H,3-7,11-12,14-15H2,1-2H3,(H,22,25)/t21-/m0/s1. The molecule has 0 saturated heterocycles. The molecule has 1 saturated carbocycles. The minimum Gasteiger partial charge on any atom is -0.351 e. The molecular formula is C21H30N2O2. The summed E-state index contributed by atoms with van der Waals surface area (Å²) < 4.78 is 0. The Morgan fingerprint density at radius 3 is 2.56 bits per heavy atom. The Balaban J connectivity index is 1.85. The lowest BCUT2D eigenvalue weighted by Crippen LogP contribution is -2.63. The van der Waals surface area contributed by atoms with E-state index in [1.165, 1.54) is 25.7 Å². The number of rotatable bonds is 4. The number of nitrogens with one attached hydrogen (secondary N) is 1. The molecule has 25 heavy (non-hydrogen) atoms. The second-order valence-corrected chi connectivity index (χ2v) is 7.73. The molecular weight excluding hydrogens is 312 g/mol. The number of carbonyl (C=O) groups excluding carboxylic acids is 2. The van der Waals surface area contributed by atoms with Crippen molar-refractivity contribution in [3.05, 3.63) is 35.4 Å². The molecule has 0 bridgehead atoms. The molecule has 1 aromatic carbocycles. The molecule has 0 radical (unpaired) electrons. The van der Waals surface area contributed by atoms with E-state index in [9.17, 15) is 9.59 Å². The smallest absolute Gasteiger partial charge is 0.255 e. The van der Waals surface area contributed by atoms with Gasteiger partial charge in [-0.1, -0.05) is 50.8 Å². The molecule has 136 valence electrons. The third-order valence-electron chi connectivity index (χ3n) is 5.75. The summed E-state index contributed by atoms with van der Waals surface area (Å²) in [5, 5.41) is 3.28. The normalized spacial score (nSPS) is 24.6. The first-order valence-corrected chi connectivity index (χ1v) is 9.77. The Kier molecular flexibility index (Phi) is 5.45. The van der Waals surface area contributed by atoms with Gasteiger partial charge in [0.05, 0.1) is 0 Å². The van der Waals surface area contributed by atoms with Gasteiger partial charge in [-0.3, -0.25) is 9.59 Å². The Bertz CT molecular complexity index is 635. The van der Waals surface area contributed by atoms with E-state index in [0.717, 1.165) is 30.4 Å². The van der Waals surface area contributed by atoms with Crippen molar-refractivity contribution in [3.8, 4) is 0 Å². The molecule has 0 unspecified atom stereocenters. The third kappa shape index (κ3) is 3.58. The van der Waals surface area contributed by atoms with Gasteiger partial charge in [0, 0.05) is 24.6 Å². The van der Waals surface area contributed by atoms with Gasteiger partial charge in [0.1, 0.15) is 5.54 Å². The summed E-state index contributed by atoms with van der Waals surface area (Å²) in [4.78, 5) is 28.0. The van der Waals surface area contributed by atoms with E-state index < -0.39 is 5.54 Å². The average molecular weight is 342 g/mol. The van der Waals surface area contributed by atoms with Crippen LogP contribution in [0.25, 0.3) is 0 Å². The zero-order valence-corrected chi connectivity index (χ0v) is 15.5. The molecule has 1 aliphatic heterocycles. The van der Waals surface area contributed by atoms with Gasteiger partial charge in [-0.05, 0) is 37.8 Å². The summed E-state index contributed by atoms with van der Waals surface area (Å²) in [5.74, 6) is -0.00193. The number of fused-ring (bicyclic) bond motifs is 1. The molecule has 4 nitrogen and oxygen atoms in total. The highest BCUT2D eigenvalue weighted by Gasteiger charge is 2.46. The molecule has 2 aliphatic rings. The maximum atomic E-state index is 13.2. The monoisotopic (exact) mass is 342 g/mol. The van der Waals surface area contributed by atoms with Gasteiger partial charge in [-0.25, -0.2) is 0 Å². The van der Waals surface area contributed by atoms with Crippen LogP contribution < -0.4 is 5.32 Å². The topological polar surface area (TPSA) is 49.4 Å². The molecule has 1 aliphatic carbocycles. The van der Waals surface area contributed by atoms with Crippen molar-refractivity contribution in [3.63, 3.8) is 0 Å². The third-order valence-corrected chi connectivity index (χ3v) is 5.75. The van der Waals surface area contributed by atoms with Crippen molar-refractivity contribution < 1.29 is 9.59 Å². The highest BCUT2D eigenvalue weighted by Crippen LogP contribution is 2.32. The number of hydrogen-bond donors (Lipinski definition) is 1. The van der Waals surface area contributed by atoms with Crippen molar-refractivity contribution in [1.82, 2.24) is 10.2 Å². The Labute approximate surface area is 151 Å². The highest BCUT2D eigenvalue weighted by atomic mass is 16.2. The summed E-state index contributed by atoms with van der Waals surface area (Å²) in [6, 6.07) is 7.96. The quantitative estimate of drug-likeness (QED) is 0.848. The minimum atomic E-state index is -0.798. The lowest BCUT2D eigenvalue weighted by Gasteiger charge is -2.44. The molecule has 1 atom stereocenters. The van der Waals surface area contributed by atoms with Gasteiger partial charge >= 0.3 is 0 Å². The van der Waals surface area contributed by atoms with Gasteiger partial charge in [0.2, 0.25) is 5.91 Å². The van der Waals surface area contributed by atoms with Crippen LogP contribution in [0.15, 0.2) is 24.3 Å². The largest absolute Gasteiger partial charge is 0.351 e. The van der Waals surface area contributed by atoms with Crippen molar-refractivity contribution in [2.75, 3.05) is 6.54 Å². The van der Waals surface area contributed by atoms with Crippen LogP contribution in [0.4, 0.5) is 0 Å². The summed E-state index contributed by atoms with van der Waals surface area (Å²) >= 11 is 0. The summed E-state index contributed by atoms with van der Waals surface area (Å²) in [6.07, 6.45) is 8.44. The van der Waals surface area contributed by atoms with E-state index in [-0.39, 0.29) is 17.9 Å². The van der Waals surface area contributed by atoms with Gasteiger partial charge in [-0.15, -0.1) is 0 Å². The van der Waals surface area contributed by atoms with Crippen molar-refractivity contribution in [2.24, 2.45) is 0 Å². The van der Waals surface area contributed by atoms with Crippen LogP contribution >= 0.6 is 0 Å². The van der Waals surface area contributed by atoms with E-state index in [1.54, 1.807) is 4.90 Å². The van der Waals surface area contributed by atoms with Crippen molar-refractivity contribution in [2.45, 2.75) is 76.8 Å². The van der Waals surface area contributed by atoms with E-state index in [0.29, 0.717) is 13.0 Å². The number of benzene rings is 1. The first-order chi connectivity index (χ1) is 12.1.